The van der Waals surface area contributed by atoms with E-state index in [-0.39, 0.29) is 6.10 Å². The number of likely N-dealkylation sites (N-methyl/N-ethyl adjacent to an activating group) is 2. The highest BCUT2D eigenvalue weighted by molar-refractivity contribution is 5.14. The average molecular weight is 334 g/mol. The molecular weight excluding hydrogens is 298 g/mol. The second-order valence-electron chi connectivity index (χ2n) is 7.64. The molecular formula is C20H35N3O. The van der Waals surface area contributed by atoms with Crippen LogP contribution in [0.4, 0.5) is 0 Å². The van der Waals surface area contributed by atoms with Crippen LogP contribution < -0.4 is 0 Å². The number of piperidine rings is 1. The van der Waals surface area contributed by atoms with Crippen molar-refractivity contribution >= 4 is 0 Å². The molecule has 0 spiro atoms. The van der Waals surface area contributed by atoms with Gasteiger partial charge in [0.05, 0.1) is 6.10 Å². The van der Waals surface area contributed by atoms with E-state index in [1.807, 2.05) is 6.07 Å². The van der Waals surface area contributed by atoms with Gasteiger partial charge in [0.1, 0.15) is 0 Å². The molecule has 0 saturated carbocycles. The molecule has 4 nitrogen and oxygen atoms in total. The number of hydrogen-bond donors (Lipinski definition) is 1. The van der Waals surface area contributed by atoms with E-state index in [0.717, 1.165) is 13.1 Å². The molecule has 136 valence electrons. The van der Waals surface area contributed by atoms with E-state index in [0.29, 0.717) is 18.6 Å². The molecule has 1 aromatic carbocycles. The van der Waals surface area contributed by atoms with E-state index >= 15 is 0 Å². The molecule has 1 aliphatic heterocycles. The van der Waals surface area contributed by atoms with Gasteiger partial charge in [-0.1, -0.05) is 30.3 Å². The number of rotatable bonds is 8. The van der Waals surface area contributed by atoms with Gasteiger partial charge in [0.2, 0.25) is 0 Å². The first-order valence-electron chi connectivity index (χ1n) is 9.30. The zero-order chi connectivity index (χ0) is 17.5. The van der Waals surface area contributed by atoms with Crippen LogP contribution in [-0.2, 0) is 6.54 Å². The maximum absolute atomic E-state index is 10.4. The Morgan fingerprint density at radius 1 is 1.08 bits per heavy atom. The molecule has 0 bridgehead atoms. The average Bonchev–Trinajstić information content (AvgIpc) is 2.55. The lowest BCUT2D eigenvalue weighted by Crippen LogP contribution is -2.48. The summed E-state index contributed by atoms with van der Waals surface area (Å²) >= 11 is 0. The van der Waals surface area contributed by atoms with Crippen LogP contribution in [0.5, 0.6) is 0 Å². The van der Waals surface area contributed by atoms with Crippen LogP contribution in [0.3, 0.4) is 0 Å². The molecule has 1 aromatic rings. The van der Waals surface area contributed by atoms with Crippen LogP contribution >= 0.6 is 0 Å². The van der Waals surface area contributed by atoms with Crippen molar-refractivity contribution in [1.29, 1.82) is 0 Å². The SMILES string of the molecule is CC(C)N1CCC(N(C)CC(O)CN(C)Cc2ccccc2)CC1. The zero-order valence-corrected chi connectivity index (χ0v) is 15.9. The first kappa shape index (κ1) is 19.4. The van der Waals surface area contributed by atoms with Crippen molar-refractivity contribution in [3.8, 4) is 0 Å². The van der Waals surface area contributed by atoms with Gasteiger partial charge in [-0.25, -0.2) is 0 Å². The van der Waals surface area contributed by atoms with Crippen LogP contribution in [0, 0.1) is 0 Å². The summed E-state index contributed by atoms with van der Waals surface area (Å²) in [7, 11) is 4.24. The Hall–Kier alpha value is -0.940. The minimum atomic E-state index is -0.299. The van der Waals surface area contributed by atoms with Crippen LogP contribution in [0.2, 0.25) is 0 Å². The summed E-state index contributed by atoms with van der Waals surface area (Å²) in [6.45, 7) is 9.25. The number of aliphatic hydroxyl groups is 1. The highest BCUT2D eigenvalue weighted by atomic mass is 16.3. The normalized spacial score (nSPS) is 18.7. The minimum Gasteiger partial charge on any atom is -0.390 e. The van der Waals surface area contributed by atoms with Gasteiger partial charge in [0, 0.05) is 31.7 Å². The Morgan fingerprint density at radius 2 is 1.71 bits per heavy atom. The van der Waals surface area contributed by atoms with E-state index < -0.39 is 0 Å². The van der Waals surface area contributed by atoms with Crippen molar-refractivity contribution in [2.45, 2.75) is 51.4 Å². The highest BCUT2D eigenvalue weighted by Gasteiger charge is 2.24. The Bertz CT molecular complexity index is 457. The van der Waals surface area contributed by atoms with Gasteiger partial charge in [-0.05, 0) is 59.4 Å². The van der Waals surface area contributed by atoms with Crippen molar-refractivity contribution in [2.24, 2.45) is 0 Å². The molecule has 1 atom stereocenters. The van der Waals surface area contributed by atoms with Crippen molar-refractivity contribution in [3.05, 3.63) is 35.9 Å². The van der Waals surface area contributed by atoms with Gasteiger partial charge in [-0.3, -0.25) is 4.90 Å². The molecule has 0 radical (unpaired) electrons. The fourth-order valence-electron chi connectivity index (χ4n) is 3.70. The van der Waals surface area contributed by atoms with Crippen molar-refractivity contribution in [1.82, 2.24) is 14.7 Å². The van der Waals surface area contributed by atoms with Crippen molar-refractivity contribution < 1.29 is 5.11 Å². The van der Waals surface area contributed by atoms with Gasteiger partial charge in [0.15, 0.2) is 0 Å². The summed E-state index contributed by atoms with van der Waals surface area (Å²) in [5.41, 5.74) is 1.29. The molecule has 0 aliphatic carbocycles. The molecule has 1 fully saturated rings. The maximum Gasteiger partial charge on any atom is 0.0793 e. The molecule has 1 N–H and O–H groups in total. The Labute approximate surface area is 148 Å². The Morgan fingerprint density at radius 3 is 2.29 bits per heavy atom. The minimum absolute atomic E-state index is 0.299. The number of hydrogen-bond acceptors (Lipinski definition) is 4. The van der Waals surface area contributed by atoms with E-state index in [4.69, 9.17) is 0 Å². The van der Waals surface area contributed by atoms with Gasteiger partial charge < -0.3 is 14.9 Å². The molecule has 4 heteroatoms. The lowest BCUT2D eigenvalue weighted by Gasteiger charge is -2.39. The number of benzene rings is 1. The molecule has 24 heavy (non-hydrogen) atoms. The molecule has 0 amide bonds. The number of likely N-dealkylation sites (tertiary alicyclic amines) is 1. The van der Waals surface area contributed by atoms with Crippen molar-refractivity contribution in [2.75, 3.05) is 40.3 Å². The van der Waals surface area contributed by atoms with Crippen LogP contribution in [0.25, 0.3) is 0 Å². The third-order valence-corrected chi connectivity index (χ3v) is 5.17. The smallest absolute Gasteiger partial charge is 0.0793 e. The Kier molecular flexibility index (Phi) is 7.69. The Balaban J connectivity index is 1.70. The van der Waals surface area contributed by atoms with Gasteiger partial charge >= 0.3 is 0 Å². The summed E-state index contributed by atoms with van der Waals surface area (Å²) in [5.74, 6) is 0. The van der Waals surface area contributed by atoms with Crippen LogP contribution in [-0.4, -0.2) is 78.3 Å². The molecule has 0 aromatic heterocycles. The zero-order valence-electron chi connectivity index (χ0n) is 15.9. The molecule has 1 unspecified atom stereocenters. The summed E-state index contributed by atoms with van der Waals surface area (Å²) in [6, 6.07) is 11.7. The molecule has 1 aliphatic rings. The van der Waals surface area contributed by atoms with Crippen LogP contribution in [0.1, 0.15) is 32.3 Å². The largest absolute Gasteiger partial charge is 0.390 e. The molecule has 1 saturated heterocycles. The third kappa shape index (κ3) is 6.17. The lowest BCUT2D eigenvalue weighted by atomic mass is 10.0. The first-order valence-corrected chi connectivity index (χ1v) is 9.30. The van der Waals surface area contributed by atoms with E-state index in [9.17, 15) is 5.11 Å². The predicted octanol–water partition coefficient (Wildman–Crippen LogP) is 2.28. The quantitative estimate of drug-likeness (QED) is 0.790. The fraction of sp³-hybridized carbons (Fsp3) is 0.700. The van der Waals surface area contributed by atoms with E-state index in [2.05, 4.69) is 66.9 Å². The maximum atomic E-state index is 10.4. The monoisotopic (exact) mass is 333 g/mol. The predicted molar refractivity (Wildman–Crippen MR) is 101 cm³/mol. The lowest BCUT2D eigenvalue weighted by molar-refractivity contribution is 0.0506. The second kappa shape index (κ2) is 9.52. The first-order chi connectivity index (χ1) is 11.5. The van der Waals surface area contributed by atoms with Crippen molar-refractivity contribution in [3.63, 3.8) is 0 Å². The summed E-state index contributed by atoms with van der Waals surface area (Å²) in [5, 5.41) is 10.4. The highest BCUT2D eigenvalue weighted by Crippen LogP contribution is 2.17. The topological polar surface area (TPSA) is 30.0 Å². The number of nitrogens with zero attached hydrogens (tertiary/aromatic N) is 3. The summed E-state index contributed by atoms with van der Waals surface area (Å²) < 4.78 is 0. The van der Waals surface area contributed by atoms with Gasteiger partial charge in [0.25, 0.3) is 0 Å². The van der Waals surface area contributed by atoms with Gasteiger partial charge in [-0.2, -0.15) is 0 Å². The third-order valence-electron chi connectivity index (χ3n) is 5.17. The summed E-state index contributed by atoms with van der Waals surface area (Å²) in [4.78, 5) is 7.11. The van der Waals surface area contributed by atoms with Gasteiger partial charge in [-0.15, -0.1) is 0 Å². The summed E-state index contributed by atoms with van der Waals surface area (Å²) in [6.07, 6.45) is 2.12. The fourth-order valence-corrected chi connectivity index (χ4v) is 3.70. The molecule has 1 heterocycles. The second-order valence-corrected chi connectivity index (χ2v) is 7.64. The van der Waals surface area contributed by atoms with Crippen LogP contribution in [0.15, 0.2) is 30.3 Å². The van der Waals surface area contributed by atoms with E-state index in [1.54, 1.807) is 0 Å². The molecule has 2 rings (SSSR count). The van der Waals surface area contributed by atoms with E-state index in [1.165, 1.54) is 31.5 Å². The number of aliphatic hydroxyl groups excluding tert-OH is 1. The standard InChI is InChI=1S/C20H35N3O/c1-17(2)23-12-10-19(11-13-23)22(4)16-20(24)15-21(3)14-18-8-6-5-7-9-18/h5-9,17,19-20,24H,10-16H2,1-4H3.